The summed E-state index contributed by atoms with van der Waals surface area (Å²) in [4.78, 5) is 11.7. The number of aliphatic hydroxyl groups is 1. The van der Waals surface area contributed by atoms with Gasteiger partial charge in [0.1, 0.15) is 11.4 Å². The van der Waals surface area contributed by atoms with Crippen LogP contribution in [0.1, 0.15) is 24.2 Å². The van der Waals surface area contributed by atoms with Crippen molar-refractivity contribution < 1.29 is 19.7 Å². The van der Waals surface area contributed by atoms with Crippen LogP contribution in [0.5, 0.6) is 5.75 Å². The van der Waals surface area contributed by atoms with Gasteiger partial charge >= 0.3 is 0 Å². The summed E-state index contributed by atoms with van der Waals surface area (Å²) in [6, 6.07) is 6.54. The molecule has 0 saturated carbocycles. The number of Topliss-reactive ketones (excluding diaryl/α,β-unsaturated/α-hetero) is 1. The molecule has 0 bridgehead atoms. The quantitative estimate of drug-likeness (QED) is 0.593. The molecular formula is C12H17O4+. The molecule has 1 rings (SSSR count). The highest BCUT2D eigenvalue weighted by atomic mass is 16.5. The van der Waals surface area contributed by atoms with Crippen LogP contribution in [-0.4, -0.2) is 34.8 Å². The molecule has 16 heavy (non-hydrogen) atoms. The summed E-state index contributed by atoms with van der Waals surface area (Å²) in [6.45, 7) is 3.45. The van der Waals surface area contributed by atoms with Gasteiger partial charge in [0.2, 0.25) is 0 Å². The Hall–Kier alpha value is -1.39. The molecule has 0 heterocycles. The highest BCUT2D eigenvalue weighted by molar-refractivity contribution is 6.01. The van der Waals surface area contributed by atoms with Crippen LogP contribution < -0.4 is 4.74 Å². The Morgan fingerprint density at radius 3 is 2.38 bits per heavy atom. The second kappa shape index (κ2) is 5.09. The Labute approximate surface area is 94.5 Å². The van der Waals surface area contributed by atoms with Gasteiger partial charge in [0, 0.05) is 5.56 Å². The summed E-state index contributed by atoms with van der Waals surface area (Å²) < 4.78 is 5.21. The Morgan fingerprint density at radius 2 is 1.94 bits per heavy atom. The average Bonchev–Trinajstić information content (AvgIpc) is 2.25. The lowest BCUT2D eigenvalue weighted by atomic mass is 9.97. The monoisotopic (exact) mass is 225 g/mol. The summed E-state index contributed by atoms with van der Waals surface area (Å²) in [7, 11) is 0. The molecular weight excluding hydrogens is 208 g/mol. The molecule has 0 unspecified atom stereocenters. The molecule has 0 radical (unpaired) electrons. The normalized spacial score (nSPS) is 11.2. The third-order valence-corrected chi connectivity index (χ3v) is 2.04. The molecule has 0 aliphatic heterocycles. The Kier molecular flexibility index (Phi) is 4.04. The molecule has 88 valence electrons. The number of carbonyl (C=O) groups excluding carboxylic acids is 1. The van der Waals surface area contributed by atoms with E-state index in [-0.39, 0.29) is 12.4 Å². The molecule has 1 aromatic carbocycles. The van der Waals surface area contributed by atoms with Gasteiger partial charge < -0.3 is 14.9 Å². The SMILES string of the molecule is CC(C)(O)C(=O)c1ccc(OCC[OH2+])cc1. The molecule has 0 aliphatic rings. The fourth-order valence-corrected chi connectivity index (χ4v) is 1.22. The van der Waals surface area contributed by atoms with Gasteiger partial charge in [-0.25, -0.2) is 0 Å². The summed E-state index contributed by atoms with van der Waals surface area (Å²) in [6.07, 6.45) is 0. The van der Waals surface area contributed by atoms with Crippen LogP contribution in [0.25, 0.3) is 0 Å². The van der Waals surface area contributed by atoms with E-state index in [2.05, 4.69) is 0 Å². The van der Waals surface area contributed by atoms with Crippen LogP contribution in [0.3, 0.4) is 0 Å². The molecule has 0 spiro atoms. The van der Waals surface area contributed by atoms with Crippen molar-refractivity contribution in [1.82, 2.24) is 0 Å². The van der Waals surface area contributed by atoms with E-state index in [1.54, 1.807) is 24.3 Å². The van der Waals surface area contributed by atoms with Crippen molar-refractivity contribution in [2.24, 2.45) is 0 Å². The minimum absolute atomic E-state index is 0.199. The van der Waals surface area contributed by atoms with Crippen molar-refractivity contribution in [2.75, 3.05) is 13.2 Å². The van der Waals surface area contributed by atoms with Crippen molar-refractivity contribution >= 4 is 5.78 Å². The fourth-order valence-electron chi connectivity index (χ4n) is 1.22. The lowest BCUT2D eigenvalue weighted by molar-refractivity contribution is 0.0488. The smallest absolute Gasteiger partial charge is 0.193 e. The van der Waals surface area contributed by atoms with Gasteiger partial charge in [0.05, 0.1) is 0 Å². The zero-order chi connectivity index (χ0) is 12.2. The molecule has 0 fully saturated rings. The second-order valence-electron chi connectivity index (χ2n) is 4.01. The summed E-state index contributed by atoms with van der Waals surface area (Å²) in [5.41, 5.74) is -0.908. The van der Waals surface area contributed by atoms with Gasteiger partial charge in [0.15, 0.2) is 19.0 Å². The van der Waals surface area contributed by atoms with Crippen LogP contribution in [0.15, 0.2) is 24.3 Å². The lowest BCUT2D eigenvalue weighted by Gasteiger charge is -2.15. The fraction of sp³-hybridized carbons (Fsp3) is 0.417. The van der Waals surface area contributed by atoms with Crippen molar-refractivity contribution in [3.63, 3.8) is 0 Å². The Bertz CT molecular complexity index is 348. The van der Waals surface area contributed by atoms with Gasteiger partial charge in [-0.1, -0.05) is 0 Å². The number of ketones is 1. The van der Waals surface area contributed by atoms with Crippen LogP contribution >= 0.6 is 0 Å². The number of hydrogen-bond acceptors (Lipinski definition) is 3. The van der Waals surface area contributed by atoms with Gasteiger partial charge in [-0.3, -0.25) is 4.79 Å². The first kappa shape index (κ1) is 12.7. The molecule has 0 amide bonds. The van der Waals surface area contributed by atoms with Crippen molar-refractivity contribution in [2.45, 2.75) is 19.4 Å². The number of carbonyl (C=O) groups is 1. The lowest BCUT2D eigenvalue weighted by Crippen LogP contribution is -2.30. The maximum absolute atomic E-state index is 11.7. The standard InChI is InChI=1S/C12H16O4/c1-12(2,15)11(14)9-3-5-10(6-4-9)16-8-7-13/h3-6,13,15H,7-8H2,1-2H3/p+1. The summed E-state index contributed by atoms with van der Waals surface area (Å²) >= 11 is 0. The third-order valence-electron chi connectivity index (χ3n) is 2.04. The minimum Gasteiger partial charge on any atom is -0.486 e. The average molecular weight is 225 g/mol. The van der Waals surface area contributed by atoms with E-state index in [9.17, 15) is 9.90 Å². The zero-order valence-electron chi connectivity index (χ0n) is 9.49. The van der Waals surface area contributed by atoms with Crippen LogP contribution in [0.2, 0.25) is 0 Å². The van der Waals surface area contributed by atoms with Gasteiger partial charge in [-0.2, -0.15) is 0 Å². The first-order valence-corrected chi connectivity index (χ1v) is 5.10. The number of hydrogen-bond donors (Lipinski definition) is 1. The predicted octanol–water partition coefficient (Wildman–Crippen LogP) is 0.744. The van der Waals surface area contributed by atoms with E-state index in [0.717, 1.165) is 0 Å². The van der Waals surface area contributed by atoms with Crippen LogP contribution in [0.4, 0.5) is 0 Å². The third kappa shape index (κ3) is 3.32. The predicted molar refractivity (Wildman–Crippen MR) is 61.0 cm³/mol. The first-order valence-electron chi connectivity index (χ1n) is 5.10. The van der Waals surface area contributed by atoms with Crippen molar-refractivity contribution in [3.05, 3.63) is 29.8 Å². The molecule has 3 N–H and O–H groups in total. The number of ether oxygens (including phenoxy) is 1. The van der Waals surface area contributed by atoms with E-state index in [1.807, 2.05) is 0 Å². The van der Waals surface area contributed by atoms with Gasteiger partial charge in [-0.15, -0.1) is 0 Å². The van der Waals surface area contributed by atoms with Crippen molar-refractivity contribution in [1.29, 1.82) is 0 Å². The zero-order valence-corrected chi connectivity index (χ0v) is 9.49. The molecule has 0 atom stereocenters. The number of rotatable bonds is 5. The molecule has 0 aromatic heterocycles. The maximum atomic E-state index is 11.7. The summed E-state index contributed by atoms with van der Waals surface area (Å²) in [5, 5.41) is 16.5. The number of benzene rings is 1. The summed E-state index contributed by atoms with van der Waals surface area (Å²) in [5.74, 6) is 0.305. The molecule has 4 nitrogen and oxygen atoms in total. The van der Waals surface area contributed by atoms with E-state index >= 15 is 0 Å². The first-order chi connectivity index (χ1) is 7.45. The second-order valence-corrected chi connectivity index (χ2v) is 4.01. The Morgan fingerprint density at radius 1 is 1.38 bits per heavy atom. The molecule has 4 heteroatoms. The minimum atomic E-state index is -1.36. The molecule has 0 aliphatic carbocycles. The highest BCUT2D eigenvalue weighted by Gasteiger charge is 2.24. The largest absolute Gasteiger partial charge is 0.486 e. The van der Waals surface area contributed by atoms with Crippen LogP contribution in [0, 0.1) is 0 Å². The topological polar surface area (TPSA) is 69.4 Å². The molecule has 0 saturated heterocycles. The van der Waals surface area contributed by atoms with Gasteiger partial charge in [0.25, 0.3) is 0 Å². The van der Waals surface area contributed by atoms with Crippen LogP contribution in [-0.2, 0) is 0 Å². The Balaban J connectivity index is 2.75. The highest BCUT2D eigenvalue weighted by Crippen LogP contribution is 2.16. The van der Waals surface area contributed by atoms with E-state index in [4.69, 9.17) is 9.84 Å². The molecule has 1 aromatic rings. The van der Waals surface area contributed by atoms with Gasteiger partial charge in [-0.05, 0) is 38.1 Å². The van der Waals surface area contributed by atoms with Crippen molar-refractivity contribution in [3.8, 4) is 5.75 Å². The van der Waals surface area contributed by atoms with E-state index < -0.39 is 5.60 Å². The van der Waals surface area contributed by atoms with E-state index in [1.165, 1.54) is 13.8 Å². The van der Waals surface area contributed by atoms with E-state index in [0.29, 0.717) is 17.9 Å². The maximum Gasteiger partial charge on any atom is 0.193 e.